The zero-order valence-corrected chi connectivity index (χ0v) is 9.33. The molecular weight excluding hydrogens is 222 g/mol. The molecule has 17 heavy (non-hydrogen) atoms. The highest BCUT2D eigenvalue weighted by atomic mass is 16.5. The third-order valence-electron chi connectivity index (χ3n) is 2.42. The van der Waals surface area contributed by atoms with E-state index < -0.39 is 12.0 Å². The van der Waals surface area contributed by atoms with Crippen LogP contribution in [0.3, 0.4) is 0 Å². The van der Waals surface area contributed by atoms with Gasteiger partial charge in [-0.15, -0.1) is 0 Å². The number of pyridine rings is 1. The maximum absolute atomic E-state index is 11.4. The summed E-state index contributed by atoms with van der Waals surface area (Å²) in [5.41, 5.74) is 0.761. The van der Waals surface area contributed by atoms with Crippen LogP contribution >= 0.6 is 0 Å². The Morgan fingerprint density at radius 2 is 2.47 bits per heavy atom. The van der Waals surface area contributed by atoms with Crippen LogP contribution in [0.15, 0.2) is 30.6 Å². The van der Waals surface area contributed by atoms with Crippen molar-refractivity contribution in [3.63, 3.8) is 0 Å². The highest BCUT2D eigenvalue weighted by Crippen LogP contribution is 2.12. The molecule has 2 N–H and O–H groups in total. The molecular formula is C11H13N3O3. The van der Waals surface area contributed by atoms with Gasteiger partial charge in [-0.3, -0.25) is 4.40 Å². The fourth-order valence-corrected chi connectivity index (χ4v) is 1.57. The van der Waals surface area contributed by atoms with Crippen LogP contribution in [0.1, 0.15) is 0 Å². The van der Waals surface area contributed by atoms with Crippen molar-refractivity contribution in [1.29, 1.82) is 0 Å². The lowest BCUT2D eigenvalue weighted by molar-refractivity contribution is -0.142. The second kappa shape index (κ2) is 4.84. The molecule has 0 aromatic carbocycles. The number of nitrogens with zero attached hydrogens (tertiary/aromatic N) is 2. The minimum absolute atomic E-state index is 0.336. The normalized spacial score (nSPS) is 12.4. The second-order valence-electron chi connectivity index (χ2n) is 3.47. The van der Waals surface area contributed by atoms with Crippen LogP contribution < -0.4 is 5.32 Å². The number of anilines is 1. The number of aliphatic hydroxyl groups is 1. The number of methoxy groups -OCH3 is 1. The lowest BCUT2D eigenvalue weighted by Crippen LogP contribution is -2.34. The Bertz CT molecular complexity index is 523. The van der Waals surface area contributed by atoms with Crippen molar-refractivity contribution < 1.29 is 14.6 Å². The molecule has 0 saturated heterocycles. The molecule has 1 unspecified atom stereocenters. The van der Waals surface area contributed by atoms with Gasteiger partial charge >= 0.3 is 5.97 Å². The lowest BCUT2D eigenvalue weighted by atomic mass is 10.3. The predicted molar refractivity (Wildman–Crippen MR) is 61.7 cm³/mol. The number of aromatic nitrogens is 2. The number of carbonyl (C=O) groups is 1. The molecule has 90 valence electrons. The molecule has 0 aliphatic carbocycles. The molecule has 1 atom stereocenters. The molecule has 0 saturated carbocycles. The SMILES string of the molecule is COC(=O)C(CO)Nc1cccc2nccn12. The van der Waals surface area contributed by atoms with Gasteiger partial charge in [-0.2, -0.15) is 0 Å². The van der Waals surface area contributed by atoms with Crippen LogP contribution in [0.4, 0.5) is 5.82 Å². The van der Waals surface area contributed by atoms with E-state index in [1.165, 1.54) is 7.11 Å². The molecule has 2 rings (SSSR count). The van der Waals surface area contributed by atoms with Gasteiger partial charge in [0.05, 0.1) is 13.7 Å². The Hall–Kier alpha value is -2.08. The fraction of sp³-hybridized carbons (Fsp3) is 0.273. The zero-order valence-electron chi connectivity index (χ0n) is 9.33. The van der Waals surface area contributed by atoms with Crippen molar-refractivity contribution in [2.45, 2.75) is 6.04 Å². The van der Waals surface area contributed by atoms with E-state index >= 15 is 0 Å². The van der Waals surface area contributed by atoms with E-state index in [4.69, 9.17) is 5.11 Å². The Kier molecular flexibility index (Phi) is 3.24. The molecule has 6 heteroatoms. The van der Waals surface area contributed by atoms with Gasteiger partial charge in [0, 0.05) is 12.4 Å². The molecule has 0 bridgehead atoms. The van der Waals surface area contributed by atoms with E-state index in [9.17, 15) is 4.79 Å². The maximum atomic E-state index is 11.4. The maximum Gasteiger partial charge on any atom is 0.330 e. The summed E-state index contributed by atoms with van der Waals surface area (Å²) in [5, 5.41) is 12.0. The number of ether oxygens (including phenoxy) is 1. The average molecular weight is 235 g/mol. The van der Waals surface area contributed by atoms with Crippen molar-refractivity contribution in [3.05, 3.63) is 30.6 Å². The van der Waals surface area contributed by atoms with Gasteiger partial charge in [0.15, 0.2) is 0 Å². The van der Waals surface area contributed by atoms with Crippen molar-refractivity contribution >= 4 is 17.4 Å². The summed E-state index contributed by atoms with van der Waals surface area (Å²) >= 11 is 0. The van der Waals surface area contributed by atoms with Gasteiger partial charge in [0.2, 0.25) is 0 Å². The van der Waals surface area contributed by atoms with Gasteiger partial charge in [-0.25, -0.2) is 9.78 Å². The van der Waals surface area contributed by atoms with E-state index in [-0.39, 0.29) is 6.61 Å². The van der Waals surface area contributed by atoms with E-state index in [2.05, 4.69) is 15.0 Å². The van der Waals surface area contributed by atoms with Crippen LogP contribution in [-0.2, 0) is 9.53 Å². The van der Waals surface area contributed by atoms with E-state index in [0.717, 1.165) is 5.65 Å². The number of hydrogen-bond donors (Lipinski definition) is 2. The third kappa shape index (κ3) is 2.21. The summed E-state index contributed by atoms with van der Waals surface area (Å²) in [4.78, 5) is 15.5. The highest BCUT2D eigenvalue weighted by Gasteiger charge is 2.18. The first kappa shape index (κ1) is 11.4. The van der Waals surface area contributed by atoms with Crippen LogP contribution in [0.25, 0.3) is 5.65 Å². The number of aliphatic hydroxyl groups excluding tert-OH is 1. The summed E-state index contributed by atoms with van der Waals surface area (Å²) in [6.45, 7) is -0.336. The average Bonchev–Trinajstić information content (AvgIpc) is 2.83. The van der Waals surface area contributed by atoms with Gasteiger partial charge in [-0.05, 0) is 12.1 Å². The minimum Gasteiger partial charge on any atom is -0.467 e. The lowest BCUT2D eigenvalue weighted by Gasteiger charge is -2.16. The van der Waals surface area contributed by atoms with Gasteiger partial charge < -0.3 is 15.2 Å². The van der Waals surface area contributed by atoms with Crippen molar-refractivity contribution in [3.8, 4) is 0 Å². The Morgan fingerprint density at radius 1 is 1.65 bits per heavy atom. The van der Waals surface area contributed by atoms with Crippen molar-refractivity contribution in [1.82, 2.24) is 9.38 Å². The summed E-state index contributed by atoms with van der Waals surface area (Å²) in [6, 6.07) is 4.67. The summed E-state index contributed by atoms with van der Waals surface area (Å²) in [6.07, 6.45) is 3.43. The fourth-order valence-electron chi connectivity index (χ4n) is 1.57. The molecule has 2 heterocycles. The number of hydrogen-bond acceptors (Lipinski definition) is 5. The molecule has 0 aliphatic heterocycles. The molecule has 0 aliphatic rings. The summed E-state index contributed by atoms with van der Waals surface area (Å²) in [7, 11) is 1.28. The first-order valence-corrected chi connectivity index (χ1v) is 5.13. The molecule has 0 fully saturated rings. The first-order valence-electron chi connectivity index (χ1n) is 5.13. The highest BCUT2D eigenvalue weighted by molar-refractivity contribution is 5.79. The zero-order chi connectivity index (χ0) is 12.3. The molecule has 2 aromatic rings. The van der Waals surface area contributed by atoms with Crippen molar-refractivity contribution in [2.75, 3.05) is 19.0 Å². The van der Waals surface area contributed by atoms with Gasteiger partial charge in [0.25, 0.3) is 0 Å². The van der Waals surface area contributed by atoms with Gasteiger partial charge in [-0.1, -0.05) is 6.07 Å². The van der Waals surface area contributed by atoms with Crippen LogP contribution in [0.5, 0.6) is 0 Å². The molecule has 0 radical (unpaired) electrons. The first-order chi connectivity index (χ1) is 8.26. The third-order valence-corrected chi connectivity index (χ3v) is 2.42. The minimum atomic E-state index is -0.784. The van der Waals surface area contributed by atoms with Gasteiger partial charge in [0.1, 0.15) is 17.5 Å². The second-order valence-corrected chi connectivity index (χ2v) is 3.47. The van der Waals surface area contributed by atoms with Crippen LogP contribution in [0, 0.1) is 0 Å². The van der Waals surface area contributed by atoms with E-state index in [1.807, 2.05) is 12.1 Å². The number of esters is 1. The number of fused-ring (bicyclic) bond motifs is 1. The smallest absolute Gasteiger partial charge is 0.330 e. The van der Waals surface area contributed by atoms with Crippen LogP contribution in [-0.4, -0.2) is 40.2 Å². The number of carbonyl (C=O) groups excluding carboxylic acids is 1. The number of nitrogens with one attached hydrogen (secondary N) is 1. The topological polar surface area (TPSA) is 75.9 Å². The molecule has 0 amide bonds. The summed E-state index contributed by atoms with van der Waals surface area (Å²) < 4.78 is 6.37. The number of rotatable bonds is 4. The Labute approximate surface area is 97.8 Å². The molecule has 0 spiro atoms. The van der Waals surface area contributed by atoms with Crippen molar-refractivity contribution in [2.24, 2.45) is 0 Å². The number of imidazole rings is 1. The summed E-state index contributed by atoms with van der Waals surface area (Å²) in [5.74, 6) is 0.161. The predicted octanol–water partition coefficient (Wildman–Crippen LogP) is 0.280. The van der Waals surface area contributed by atoms with E-state index in [0.29, 0.717) is 5.82 Å². The Morgan fingerprint density at radius 3 is 3.18 bits per heavy atom. The largest absolute Gasteiger partial charge is 0.467 e. The quantitative estimate of drug-likeness (QED) is 0.744. The molecule has 2 aromatic heterocycles. The monoisotopic (exact) mass is 235 g/mol. The van der Waals surface area contributed by atoms with E-state index in [1.54, 1.807) is 22.9 Å². The Balaban J connectivity index is 2.28. The van der Waals surface area contributed by atoms with Crippen LogP contribution in [0.2, 0.25) is 0 Å². The molecule has 6 nitrogen and oxygen atoms in total. The standard InChI is InChI=1S/C11H13N3O3/c1-17-11(16)8(7-15)13-10-4-2-3-9-12-5-6-14(9)10/h2-6,8,13,15H,7H2,1H3.